The van der Waals surface area contributed by atoms with Crippen LogP contribution in [0.25, 0.3) is 0 Å². The van der Waals surface area contributed by atoms with Gasteiger partial charge in [0.05, 0.1) is 23.3 Å². The van der Waals surface area contributed by atoms with Crippen LogP contribution in [0.15, 0.2) is 18.2 Å². The Morgan fingerprint density at radius 1 is 1.21 bits per heavy atom. The smallest absolute Gasteiger partial charge is 0.195 e. The first-order valence-electron chi connectivity index (χ1n) is 6.49. The molecule has 0 spiro atoms. The maximum atomic E-state index is 6.07. The SMILES string of the molecule is CCOCCCC1(c2ccc(Cl)c(Cl)c2)OCCO1. The van der Waals surface area contributed by atoms with E-state index in [1.807, 2.05) is 19.1 Å². The van der Waals surface area contributed by atoms with E-state index in [2.05, 4.69) is 0 Å². The molecule has 3 nitrogen and oxygen atoms in total. The van der Waals surface area contributed by atoms with Crippen molar-refractivity contribution in [2.75, 3.05) is 26.4 Å². The lowest BCUT2D eigenvalue weighted by atomic mass is 10.0. The lowest BCUT2D eigenvalue weighted by Crippen LogP contribution is -2.27. The van der Waals surface area contributed by atoms with Gasteiger partial charge in [0.1, 0.15) is 0 Å². The van der Waals surface area contributed by atoms with Gasteiger partial charge in [0.2, 0.25) is 0 Å². The predicted molar refractivity (Wildman–Crippen MR) is 75.8 cm³/mol. The fourth-order valence-electron chi connectivity index (χ4n) is 2.19. The number of hydrogen-bond acceptors (Lipinski definition) is 3. The van der Waals surface area contributed by atoms with Gasteiger partial charge in [-0.1, -0.05) is 29.3 Å². The number of ether oxygens (including phenoxy) is 3. The normalized spacial score (nSPS) is 17.8. The predicted octanol–water partition coefficient (Wildman–Crippen LogP) is 4.01. The van der Waals surface area contributed by atoms with Gasteiger partial charge >= 0.3 is 0 Å². The second kappa shape index (κ2) is 6.91. The maximum Gasteiger partial charge on any atom is 0.195 e. The second-order valence-electron chi connectivity index (χ2n) is 4.38. The van der Waals surface area contributed by atoms with Crippen LogP contribution in [0.4, 0.5) is 0 Å². The zero-order chi connectivity index (χ0) is 13.7. The van der Waals surface area contributed by atoms with E-state index in [-0.39, 0.29) is 0 Å². The van der Waals surface area contributed by atoms with Crippen molar-refractivity contribution in [3.63, 3.8) is 0 Å². The van der Waals surface area contributed by atoms with Gasteiger partial charge in [-0.25, -0.2) is 0 Å². The Kier molecular flexibility index (Phi) is 5.48. The highest BCUT2D eigenvalue weighted by molar-refractivity contribution is 6.42. The van der Waals surface area contributed by atoms with Gasteiger partial charge in [0, 0.05) is 25.2 Å². The van der Waals surface area contributed by atoms with E-state index in [9.17, 15) is 0 Å². The minimum atomic E-state index is -0.703. The van der Waals surface area contributed by atoms with Crippen LogP contribution in [0.2, 0.25) is 10.0 Å². The van der Waals surface area contributed by atoms with Crippen LogP contribution >= 0.6 is 23.2 Å². The highest BCUT2D eigenvalue weighted by Crippen LogP contribution is 2.38. The van der Waals surface area contributed by atoms with E-state index >= 15 is 0 Å². The highest BCUT2D eigenvalue weighted by Gasteiger charge is 2.38. The fraction of sp³-hybridized carbons (Fsp3) is 0.571. The maximum absolute atomic E-state index is 6.07. The Morgan fingerprint density at radius 3 is 2.58 bits per heavy atom. The van der Waals surface area contributed by atoms with Gasteiger partial charge in [0.15, 0.2) is 5.79 Å². The van der Waals surface area contributed by atoms with Crippen molar-refractivity contribution in [1.82, 2.24) is 0 Å². The quantitative estimate of drug-likeness (QED) is 0.743. The Bertz CT molecular complexity index is 417. The van der Waals surface area contributed by atoms with E-state index in [4.69, 9.17) is 37.4 Å². The Labute approximate surface area is 123 Å². The molecule has 106 valence electrons. The third-order valence-corrected chi connectivity index (χ3v) is 3.85. The average molecular weight is 305 g/mol. The van der Waals surface area contributed by atoms with Crippen molar-refractivity contribution in [3.8, 4) is 0 Å². The molecule has 1 aliphatic heterocycles. The van der Waals surface area contributed by atoms with Gasteiger partial charge in [-0.15, -0.1) is 0 Å². The van der Waals surface area contributed by atoms with Gasteiger partial charge in [-0.2, -0.15) is 0 Å². The zero-order valence-corrected chi connectivity index (χ0v) is 12.5. The van der Waals surface area contributed by atoms with Crippen LogP contribution in [0.3, 0.4) is 0 Å². The summed E-state index contributed by atoms with van der Waals surface area (Å²) < 4.78 is 17.0. The molecule has 0 amide bonds. The molecule has 0 N–H and O–H groups in total. The lowest BCUT2D eigenvalue weighted by molar-refractivity contribution is -0.173. The molecule has 5 heteroatoms. The van der Waals surface area contributed by atoms with Crippen molar-refractivity contribution < 1.29 is 14.2 Å². The molecular weight excluding hydrogens is 287 g/mol. The first-order valence-corrected chi connectivity index (χ1v) is 7.25. The second-order valence-corrected chi connectivity index (χ2v) is 5.19. The van der Waals surface area contributed by atoms with E-state index in [0.29, 0.717) is 29.9 Å². The molecule has 0 unspecified atom stereocenters. The Morgan fingerprint density at radius 2 is 1.95 bits per heavy atom. The molecule has 0 bridgehead atoms. The molecule has 1 aromatic carbocycles. The van der Waals surface area contributed by atoms with Crippen molar-refractivity contribution >= 4 is 23.2 Å². The highest BCUT2D eigenvalue weighted by atomic mass is 35.5. The van der Waals surface area contributed by atoms with Crippen molar-refractivity contribution in [2.24, 2.45) is 0 Å². The summed E-state index contributed by atoms with van der Waals surface area (Å²) in [5, 5.41) is 1.05. The summed E-state index contributed by atoms with van der Waals surface area (Å²) in [6, 6.07) is 5.49. The molecule has 0 aliphatic carbocycles. The first kappa shape index (κ1) is 15.1. The number of benzene rings is 1. The van der Waals surface area contributed by atoms with Crippen LogP contribution in [0.1, 0.15) is 25.3 Å². The summed E-state index contributed by atoms with van der Waals surface area (Å²) in [4.78, 5) is 0. The van der Waals surface area contributed by atoms with Crippen molar-refractivity contribution in [2.45, 2.75) is 25.6 Å². The fourth-order valence-corrected chi connectivity index (χ4v) is 2.49. The van der Waals surface area contributed by atoms with Gasteiger partial charge in [-0.3, -0.25) is 0 Å². The molecule has 0 atom stereocenters. The molecular formula is C14H18Cl2O3. The minimum absolute atomic E-state index is 0.516. The molecule has 1 saturated heterocycles. The molecule has 1 heterocycles. The van der Waals surface area contributed by atoms with E-state index in [0.717, 1.165) is 25.0 Å². The Balaban J connectivity index is 2.11. The summed E-state index contributed by atoms with van der Waals surface area (Å²) in [7, 11) is 0. The van der Waals surface area contributed by atoms with Gasteiger partial charge in [0.25, 0.3) is 0 Å². The topological polar surface area (TPSA) is 27.7 Å². The van der Waals surface area contributed by atoms with Gasteiger partial charge in [-0.05, 0) is 25.5 Å². The molecule has 0 aromatic heterocycles. The molecule has 19 heavy (non-hydrogen) atoms. The Hall–Kier alpha value is -0.320. The molecule has 1 aliphatic rings. The molecule has 1 aromatic rings. The summed E-state index contributed by atoms with van der Waals surface area (Å²) in [6.07, 6.45) is 1.61. The largest absolute Gasteiger partial charge is 0.382 e. The number of halogens is 2. The summed E-state index contributed by atoms with van der Waals surface area (Å²) in [5.74, 6) is -0.703. The van der Waals surface area contributed by atoms with Crippen LogP contribution in [-0.2, 0) is 20.0 Å². The van der Waals surface area contributed by atoms with E-state index in [1.165, 1.54) is 0 Å². The van der Waals surface area contributed by atoms with E-state index < -0.39 is 5.79 Å². The monoisotopic (exact) mass is 304 g/mol. The summed E-state index contributed by atoms with van der Waals surface area (Å²) in [6.45, 7) is 4.59. The van der Waals surface area contributed by atoms with Crippen molar-refractivity contribution in [1.29, 1.82) is 0 Å². The van der Waals surface area contributed by atoms with Crippen LogP contribution in [0, 0.1) is 0 Å². The third-order valence-electron chi connectivity index (χ3n) is 3.11. The molecule has 1 fully saturated rings. The van der Waals surface area contributed by atoms with Gasteiger partial charge < -0.3 is 14.2 Å². The summed E-state index contributed by atoms with van der Waals surface area (Å²) >= 11 is 12.0. The minimum Gasteiger partial charge on any atom is -0.382 e. The number of rotatable bonds is 6. The van der Waals surface area contributed by atoms with Crippen LogP contribution < -0.4 is 0 Å². The molecule has 0 saturated carbocycles. The zero-order valence-electron chi connectivity index (χ0n) is 11.0. The third kappa shape index (κ3) is 3.61. The molecule has 2 rings (SSSR count). The van der Waals surface area contributed by atoms with Crippen molar-refractivity contribution in [3.05, 3.63) is 33.8 Å². The molecule has 0 radical (unpaired) electrons. The standard InChI is InChI=1S/C14H18Cl2O3/c1-2-17-7-3-6-14(18-8-9-19-14)11-4-5-12(15)13(16)10-11/h4-5,10H,2-3,6-9H2,1H3. The van der Waals surface area contributed by atoms with E-state index in [1.54, 1.807) is 6.07 Å². The number of hydrogen-bond donors (Lipinski definition) is 0. The lowest BCUT2D eigenvalue weighted by Gasteiger charge is -2.28. The van der Waals surface area contributed by atoms with Crippen LogP contribution in [-0.4, -0.2) is 26.4 Å². The first-order chi connectivity index (χ1) is 9.18. The van der Waals surface area contributed by atoms with Crippen LogP contribution in [0.5, 0.6) is 0 Å². The summed E-state index contributed by atoms with van der Waals surface area (Å²) in [5.41, 5.74) is 0.913. The average Bonchev–Trinajstić information content (AvgIpc) is 2.88.